The number of rotatable bonds is 3. The van der Waals surface area contributed by atoms with Crippen LogP contribution in [0.3, 0.4) is 0 Å². The van der Waals surface area contributed by atoms with Crippen LogP contribution in [0.15, 0.2) is 41.0 Å². The van der Waals surface area contributed by atoms with E-state index in [1.807, 2.05) is 30.3 Å². The van der Waals surface area contributed by atoms with E-state index in [9.17, 15) is 0 Å². The molecule has 0 spiro atoms. The highest BCUT2D eigenvalue weighted by Crippen LogP contribution is 2.28. The molecule has 0 amide bonds. The average Bonchev–Trinajstić information content (AvgIpc) is 3.33. The van der Waals surface area contributed by atoms with Crippen molar-refractivity contribution in [3.63, 3.8) is 0 Å². The molecule has 1 aliphatic carbocycles. The minimum absolute atomic E-state index is 0.417. The van der Waals surface area contributed by atoms with Crippen molar-refractivity contribution in [3.8, 4) is 11.6 Å². The van der Waals surface area contributed by atoms with Crippen molar-refractivity contribution in [2.75, 3.05) is 5.32 Å². The van der Waals surface area contributed by atoms with E-state index in [1.165, 1.54) is 19.3 Å². The lowest BCUT2D eigenvalue weighted by molar-refractivity contribution is 0.460. The second kappa shape index (κ2) is 6.29. The van der Waals surface area contributed by atoms with E-state index in [4.69, 9.17) is 26.0 Å². The van der Waals surface area contributed by atoms with E-state index in [2.05, 4.69) is 10.4 Å². The van der Waals surface area contributed by atoms with E-state index in [0.29, 0.717) is 28.6 Å². The molecular formula is C19H18ClN5O. The quantitative estimate of drug-likeness (QED) is 0.555. The van der Waals surface area contributed by atoms with Gasteiger partial charge in [-0.3, -0.25) is 0 Å². The first-order valence-corrected chi connectivity index (χ1v) is 9.32. The third kappa shape index (κ3) is 2.70. The first-order valence-electron chi connectivity index (χ1n) is 8.94. The predicted octanol–water partition coefficient (Wildman–Crippen LogP) is 4.94. The number of fused-ring (bicyclic) bond motifs is 3. The Morgan fingerprint density at radius 2 is 2.00 bits per heavy atom. The van der Waals surface area contributed by atoms with Gasteiger partial charge in [0.2, 0.25) is 11.8 Å². The zero-order valence-electron chi connectivity index (χ0n) is 14.2. The zero-order valence-corrected chi connectivity index (χ0v) is 14.9. The topological polar surface area (TPSA) is 68.2 Å². The Labute approximate surface area is 155 Å². The Balaban J connectivity index is 1.70. The third-order valence-electron chi connectivity index (χ3n) is 4.91. The molecule has 7 heteroatoms. The smallest absolute Gasteiger partial charge is 0.226 e. The molecule has 0 radical (unpaired) electrons. The number of furan rings is 1. The standard InChI is InChI=1S/C19H18ClN5O/c20-12-8-9-15-14(11-12)18-23-17(16-7-4-10-26-16)24-25(18)19(22-15)21-13-5-2-1-3-6-13/h4,7-11,13H,1-3,5-6H2,(H,21,22). The molecule has 1 aromatic carbocycles. The number of nitrogens with zero attached hydrogens (tertiary/aromatic N) is 4. The first-order chi connectivity index (χ1) is 12.8. The molecule has 0 unspecified atom stereocenters. The van der Waals surface area contributed by atoms with Gasteiger partial charge in [0.1, 0.15) is 0 Å². The maximum atomic E-state index is 6.20. The predicted molar refractivity (Wildman–Crippen MR) is 101 cm³/mol. The molecule has 6 nitrogen and oxygen atoms in total. The summed E-state index contributed by atoms with van der Waals surface area (Å²) in [7, 11) is 0. The van der Waals surface area contributed by atoms with Crippen LogP contribution in [0.4, 0.5) is 5.95 Å². The Kier molecular flexibility index (Phi) is 3.78. The molecule has 0 saturated heterocycles. The van der Waals surface area contributed by atoms with Gasteiger partial charge in [0.05, 0.1) is 11.8 Å². The molecule has 1 aliphatic rings. The van der Waals surface area contributed by atoms with Crippen LogP contribution in [-0.4, -0.2) is 25.6 Å². The Morgan fingerprint density at radius 1 is 1.12 bits per heavy atom. The van der Waals surface area contributed by atoms with Gasteiger partial charge in [-0.05, 0) is 43.2 Å². The highest BCUT2D eigenvalue weighted by molar-refractivity contribution is 6.31. The van der Waals surface area contributed by atoms with E-state index >= 15 is 0 Å². The maximum absolute atomic E-state index is 6.20. The number of aromatic nitrogens is 4. The van der Waals surface area contributed by atoms with Gasteiger partial charge in [-0.1, -0.05) is 30.9 Å². The van der Waals surface area contributed by atoms with Crippen LogP contribution in [0.2, 0.25) is 5.02 Å². The van der Waals surface area contributed by atoms with Crippen molar-refractivity contribution in [1.82, 2.24) is 19.6 Å². The molecule has 0 atom stereocenters. The summed E-state index contributed by atoms with van der Waals surface area (Å²) in [5.41, 5.74) is 1.57. The lowest BCUT2D eigenvalue weighted by atomic mass is 9.96. The Bertz CT molecular complexity index is 1070. The van der Waals surface area contributed by atoms with Crippen molar-refractivity contribution in [1.29, 1.82) is 0 Å². The van der Waals surface area contributed by atoms with Crippen LogP contribution >= 0.6 is 11.6 Å². The van der Waals surface area contributed by atoms with Gasteiger partial charge in [-0.15, -0.1) is 5.10 Å². The van der Waals surface area contributed by atoms with Crippen molar-refractivity contribution >= 4 is 34.1 Å². The summed E-state index contributed by atoms with van der Waals surface area (Å²) in [4.78, 5) is 9.49. The van der Waals surface area contributed by atoms with E-state index in [0.717, 1.165) is 29.4 Å². The molecular weight excluding hydrogens is 350 g/mol. The summed E-state index contributed by atoms with van der Waals surface area (Å²) in [6.45, 7) is 0. The fourth-order valence-electron chi connectivity index (χ4n) is 3.61. The molecule has 26 heavy (non-hydrogen) atoms. The van der Waals surface area contributed by atoms with Crippen molar-refractivity contribution < 1.29 is 4.42 Å². The first kappa shape index (κ1) is 15.6. The number of nitrogens with one attached hydrogen (secondary N) is 1. The highest BCUT2D eigenvalue weighted by Gasteiger charge is 2.19. The summed E-state index contributed by atoms with van der Waals surface area (Å²) >= 11 is 6.20. The fourth-order valence-corrected chi connectivity index (χ4v) is 3.79. The Morgan fingerprint density at radius 3 is 2.81 bits per heavy atom. The van der Waals surface area contributed by atoms with Crippen LogP contribution in [-0.2, 0) is 0 Å². The zero-order chi connectivity index (χ0) is 17.5. The number of anilines is 1. The van der Waals surface area contributed by atoms with Crippen molar-refractivity contribution in [2.24, 2.45) is 0 Å². The van der Waals surface area contributed by atoms with E-state index in [1.54, 1.807) is 10.8 Å². The number of benzene rings is 1. The number of hydrogen-bond donors (Lipinski definition) is 1. The molecule has 1 saturated carbocycles. The molecule has 0 aliphatic heterocycles. The van der Waals surface area contributed by atoms with Gasteiger partial charge in [0.15, 0.2) is 11.4 Å². The summed E-state index contributed by atoms with van der Waals surface area (Å²) in [6.07, 6.45) is 7.74. The Hall–Kier alpha value is -2.60. The summed E-state index contributed by atoms with van der Waals surface area (Å²) in [6, 6.07) is 9.75. The second-order valence-electron chi connectivity index (χ2n) is 6.72. The molecule has 3 aromatic heterocycles. The molecule has 4 aromatic rings. The van der Waals surface area contributed by atoms with Gasteiger partial charge >= 0.3 is 0 Å². The summed E-state index contributed by atoms with van der Waals surface area (Å²) < 4.78 is 7.24. The molecule has 132 valence electrons. The molecule has 0 bridgehead atoms. The van der Waals surface area contributed by atoms with Crippen LogP contribution < -0.4 is 5.32 Å². The largest absolute Gasteiger partial charge is 0.461 e. The average molecular weight is 368 g/mol. The highest BCUT2D eigenvalue weighted by atomic mass is 35.5. The van der Waals surface area contributed by atoms with E-state index < -0.39 is 0 Å². The summed E-state index contributed by atoms with van der Waals surface area (Å²) in [5, 5.41) is 9.74. The van der Waals surface area contributed by atoms with Crippen LogP contribution in [0.5, 0.6) is 0 Å². The summed E-state index contributed by atoms with van der Waals surface area (Å²) in [5.74, 6) is 1.88. The normalized spacial score (nSPS) is 15.7. The van der Waals surface area contributed by atoms with Crippen LogP contribution in [0.25, 0.3) is 28.1 Å². The SMILES string of the molecule is Clc1ccc2nc(NC3CCCCC3)n3nc(-c4ccco4)nc3c2c1. The number of halogens is 1. The monoisotopic (exact) mass is 367 g/mol. The van der Waals surface area contributed by atoms with Crippen molar-refractivity contribution in [3.05, 3.63) is 41.6 Å². The van der Waals surface area contributed by atoms with E-state index in [-0.39, 0.29) is 0 Å². The fraction of sp³-hybridized carbons (Fsp3) is 0.316. The number of hydrogen-bond acceptors (Lipinski definition) is 5. The molecule has 1 N–H and O–H groups in total. The van der Waals surface area contributed by atoms with Gasteiger partial charge < -0.3 is 9.73 Å². The molecule has 5 rings (SSSR count). The molecule has 3 heterocycles. The van der Waals surface area contributed by atoms with Gasteiger partial charge in [-0.25, -0.2) is 9.97 Å². The van der Waals surface area contributed by atoms with Crippen molar-refractivity contribution in [2.45, 2.75) is 38.1 Å². The van der Waals surface area contributed by atoms with Gasteiger partial charge in [0.25, 0.3) is 0 Å². The molecule has 1 fully saturated rings. The lowest BCUT2D eigenvalue weighted by Crippen LogP contribution is -2.24. The van der Waals surface area contributed by atoms with Gasteiger partial charge in [0, 0.05) is 16.5 Å². The second-order valence-corrected chi connectivity index (χ2v) is 7.16. The van der Waals surface area contributed by atoms with Crippen LogP contribution in [0.1, 0.15) is 32.1 Å². The minimum Gasteiger partial charge on any atom is -0.461 e. The van der Waals surface area contributed by atoms with Crippen LogP contribution in [0, 0.1) is 0 Å². The maximum Gasteiger partial charge on any atom is 0.226 e. The minimum atomic E-state index is 0.417. The van der Waals surface area contributed by atoms with Gasteiger partial charge in [-0.2, -0.15) is 4.52 Å². The lowest BCUT2D eigenvalue weighted by Gasteiger charge is -2.23. The third-order valence-corrected chi connectivity index (χ3v) is 5.15.